The summed E-state index contributed by atoms with van der Waals surface area (Å²) in [5, 5.41) is 22.0. The zero-order chi connectivity index (χ0) is 15.0. The van der Waals surface area contributed by atoms with Crippen molar-refractivity contribution in [2.24, 2.45) is 11.8 Å². The van der Waals surface area contributed by atoms with Crippen molar-refractivity contribution in [3.8, 4) is 0 Å². The third-order valence-corrected chi connectivity index (χ3v) is 4.65. The van der Waals surface area contributed by atoms with E-state index in [9.17, 15) is 14.7 Å². The van der Waals surface area contributed by atoms with Gasteiger partial charge in [0.05, 0.1) is 18.1 Å². The number of aliphatic carboxylic acids is 1. The van der Waals surface area contributed by atoms with E-state index in [1.807, 2.05) is 24.3 Å². The molecule has 5 heteroatoms. The van der Waals surface area contributed by atoms with Crippen LogP contribution in [0.1, 0.15) is 36.4 Å². The summed E-state index contributed by atoms with van der Waals surface area (Å²) in [7, 11) is 0. The van der Waals surface area contributed by atoms with Gasteiger partial charge in [0.1, 0.15) is 0 Å². The normalized spacial score (nSPS) is 30.9. The number of carboxylic acids is 1. The number of hydrogen-bond acceptors (Lipinski definition) is 3. The Balaban J connectivity index is 1.67. The Morgan fingerprint density at radius 1 is 1.14 bits per heavy atom. The summed E-state index contributed by atoms with van der Waals surface area (Å²) in [4.78, 5) is 23.3. The zero-order valence-electron chi connectivity index (χ0n) is 11.7. The number of carbonyl (C=O) groups excluding carboxylic acids is 1. The number of nitrogens with one attached hydrogen (secondary N) is 1. The van der Waals surface area contributed by atoms with Gasteiger partial charge < -0.3 is 15.5 Å². The smallest absolute Gasteiger partial charge is 0.306 e. The van der Waals surface area contributed by atoms with Crippen LogP contribution in [0.3, 0.4) is 0 Å². The quantitative estimate of drug-likeness (QED) is 0.782. The topological polar surface area (TPSA) is 86.6 Å². The van der Waals surface area contributed by atoms with E-state index >= 15 is 0 Å². The van der Waals surface area contributed by atoms with Crippen LogP contribution in [0, 0.1) is 11.8 Å². The molecule has 0 aliphatic heterocycles. The Morgan fingerprint density at radius 3 is 2.57 bits per heavy atom. The van der Waals surface area contributed by atoms with Crippen molar-refractivity contribution in [2.75, 3.05) is 0 Å². The highest BCUT2D eigenvalue weighted by atomic mass is 16.4. The molecule has 5 nitrogen and oxygen atoms in total. The molecule has 0 aromatic heterocycles. The van der Waals surface area contributed by atoms with Crippen molar-refractivity contribution in [2.45, 2.75) is 37.8 Å². The van der Waals surface area contributed by atoms with Crippen molar-refractivity contribution in [1.29, 1.82) is 0 Å². The largest absolute Gasteiger partial charge is 0.481 e. The number of hydrogen-bond donors (Lipinski definition) is 3. The molecular weight excluding hydrogens is 270 g/mol. The predicted octanol–water partition coefficient (Wildman–Crippen LogP) is 1.26. The fraction of sp³-hybridized carbons (Fsp3) is 0.500. The van der Waals surface area contributed by atoms with Crippen LogP contribution in [-0.2, 0) is 16.0 Å². The first-order chi connectivity index (χ1) is 10.1. The van der Waals surface area contributed by atoms with Gasteiger partial charge in [-0.25, -0.2) is 0 Å². The maximum atomic E-state index is 12.3. The maximum Gasteiger partial charge on any atom is 0.306 e. The molecule has 3 rings (SSSR count). The lowest BCUT2D eigenvalue weighted by Gasteiger charge is -2.20. The Kier molecular flexibility index (Phi) is 3.68. The molecule has 1 aromatic carbocycles. The number of amides is 1. The van der Waals surface area contributed by atoms with Gasteiger partial charge >= 0.3 is 5.97 Å². The number of rotatable bonds is 3. The highest BCUT2D eigenvalue weighted by Gasteiger charge is 2.37. The van der Waals surface area contributed by atoms with E-state index < -0.39 is 18.0 Å². The van der Waals surface area contributed by atoms with E-state index in [1.165, 1.54) is 0 Å². The number of aliphatic hydroxyl groups excluding tert-OH is 1. The summed E-state index contributed by atoms with van der Waals surface area (Å²) < 4.78 is 0. The molecule has 0 heterocycles. The molecule has 0 spiro atoms. The van der Waals surface area contributed by atoms with Crippen LogP contribution in [0.2, 0.25) is 0 Å². The molecule has 1 aromatic rings. The van der Waals surface area contributed by atoms with Gasteiger partial charge in [0.2, 0.25) is 5.91 Å². The van der Waals surface area contributed by atoms with Crippen molar-refractivity contribution >= 4 is 11.9 Å². The minimum Gasteiger partial charge on any atom is -0.481 e. The molecule has 1 fully saturated rings. The third-order valence-electron chi connectivity index (χ3n) is 4.65. The van der Waals surface area contributed by atoms with E-state index in [2.05, 4.69) is 5.32 Å². The average molecular weight is 289 g/mol. The van der Waals surface area contributed by atoms with Gasteiger partial charge in [0.15, 0.2) is 0 Å². The van der Waals surface area contributed by atoms with Gasteiger partial charge in [0, 0.05) is 12.3 Å². The van der Waals surface area contributed by atoms with E-state index in [0.29, 0.717) is 25.7 Å². The zero-order valence-corrected chi connectivity index (χ0v) is 11.7. The van der Waals surface area contributed by atoms with Crippen LogP contribution in [0.4, 0.5) is 0 Å². The molecule has 0 radical (unpaired) electrons. The first kappa shape index (κ1) is 14.1. The fourth-order valence-corrected chi connectivity index (χ4v) is 3.46. The first-order valence-electron chi connectivity index (χ1n) is 7.35. The van der Waals surface area contributed by atoms with Crippen LogP contribution in [0.15, 0.2) is 24.3 Å². The van der Waals surface area contributed by atoms with Crippen molar-refractivity contribution in [3.05, 3.63) is 35.4 Å². The summed E-state index contributed by atoms with van der Waals surface area (Å²) in [6.07, 6.45) is 1.49. The van der Waals surface area contributed by atoms with Crippen LogP contribution in [-0.4, -0.2) is 28.2 Å². The highest BCUT2D eigenvalue weighted by molar-refractivity contribution is 5.81. The second-order valence-corrected chi connectivity index (χ2v) is 6.00. The summed E-state index contributed by atoms with van der Waals surface area (Å²) >= 11 is 0. The molecule has 1 amide bonds. The number of aliphatic hydroxyl groups is 1. The Labute approximate surface area is 123 Å². The van der Waals surface area contributed by atoms with E-state index in [4.69, 9.17) is 5.11 Å². The molecule has 0 bridgehead atoms. The van der Waals surface area contributed by atoms with Gasteiger partial charge in [0.25, 0.3) is 0 Å². The molecular formula is C16H19NO4. The van der Waals surface area contributed by atoms with Crippen molar-refractivity contribution in [1.82, 2.24) is 5.32 Å². The van der Waals surface area contributed by atoms with E-state index in [-0.39, 0.29) is 17.9 Å². The first-order valence-corrected chi connectivity index (χ1v) is 7.35. The highest BCUT2D eigenvalue weighted by Crippen LogP contribution is 2.34. The van der Waals surface area contributed by atoms with Crippen LogP contribution < -0.4 is 5.32 Å². The van der Waals surface area contributed by atoms with Gasteiger partial charge in [-0.3, -0.25) is 9.59 Å². The molecule has 1 saturated carbocycles. The Hall–Kier alpha value is -1.88. The van der Waals surface area contributed by atoms with Crippen LogP contribution in [0.25, 0.3) is 0 Å². The van der Waals surface area contributed by atoms with Crippen molar-refractivity contribution < 1.29 is 19.8 Å². The standard InChI is InChI=1S/C16H19NO4/c18-13-8-9-3-1-2-4-12(9)14(13)17-15(19)10-5-6-11(7-10)16(20)21/h1-4,10-11,13-14,18H,5-8H2,(H,17,19)(H,20,21)/t10?,11?,13-,14+/m0/s1. The lowest BCUT2D eigenvalue weighted by Crippen LogP contribution is -2.37. The second-order valence-electron chi connectivity index (χ2n) is 6.00. The number of benzene rings is 1. The molecule has 2 aliphatic carbocycles. The summed E-state index contributed by atoms with van der Waals surface area (Å²) in [5.74, 6) is -1.64. The minimum absolute atomic E-state index is 0.139. The Bertz CT molecular complexity index is 571. The minimum atomic E-state index is -0.823. The fourth-order valence-electron chi connectivity index (χ4n) is 3.46. The summed E-state index contributed by atoms with van der Waals surface area (Å²) in [6.45, 7) is 0. The monoisotopic (exact) mass is 289 g/mol. The summed E-state index contributed by atoms with van der Waals surface area (Å²) in [6, 6.07) is 7.32. The second kappa shape index (κ2) is 5.48. The molecule has 2 aliphatic rings. The third kappa shape index (κ3) is 2.65. The van der Waals surface area contributed by atoms with Gasteiger partial charge in [-0.2, -0.15) is 0 Å². The van der Waals surface area contributed by atoms with Gasteiger partial charge in [-0.05, 0) is 30.4 Å². The van der Waals surface area contributed by atoms with E-state index in [0.717, 1.165) is 11.1 Å². The SMILES string of the molecule is O=C(O)C1CCC(C(=O)N[C@@H]2c3ccccc3C[C@@H]2O)C1. The summed E-state index contributed by atoms with van der Waals surface area (Å²) in [5.41, 5.74) is 2.02. The Morgan fingerprint density at radius 2 is 1.86 bits per heavy atom. The van der Waals surface area contributed by atoms with Crippen molar-refractivity contribution in [3.63, 3.8) is 0 Å². The lowest BCUT2D eigenvalue weighted by atomic mass is 10.0. The molecule has 3 N–H and O–H groups in total. The maximum absolute atomic E-state index is 12.3. The lowest BCUT2D eigenvalue weighted by molar-refractivity contribution is -0.141. The van der Waals surface area contributed by atoms with Gasteiger partial charge in [-0.15, -0.1) is 0 Å². The number of carbonyl (C=O) groups is 2. The van der Waals surface area contributed by atoms with Gasteiger partial charge in [-0.1, -0.05) is 24.3 Å². The average Bonchev–Trinajstić information content (AvgIpc) is 3.05. The van der Waals surface area contributed by atoms with E-state index in [1.54, 1.807) is 0 Å². The number of fused-ring (bicyclic) bond motifs is 1. The van der Waals surface area contributed by atoms with Crippen LogP contribution >= 0.6 is 0 Å². The molecule has 21 heavy (non-hydrogen) atoms. The molecule has 0 saturated heterocycles. The van der Waals surface area contributed by atoms with Crippen LogP contribution in [0.5, 0.6) is 0 Å². The molecule has 112 valence electrons. The predicted molar refractivity (Wildman–Crippen MR) is 75.5 cm³/mol. The molecule has 4 atom stereocenters. The number of carboxylic acid groups (broad SMARTS) is 1. The molecule has 2 unspecified atom stereocenters.